The predicted molar refractivity (Wildman–Crippen MR) is 80.0 cm³/mol. The third-order valence-corrected chi connectivity index (χ3v) is 6.42. The minimum Gasteiger partial charge on any atom is -0.481 e. The lowest BCUT2D eigenvalue weighted by Gasteiger charge is -2.35. The molecule has 2 aliphatic rings. The Morgan fingerprint density at radius 1 is 1.24 bits per heavy atom. The number of carboxylic acid groups (broad SMARTS) is 1. The molecule has 1 aliphatic carbocycles. The van der Waals surface area contributed by atoms with Crippen LogP contribution in [0.1, 0.15) is 51.9 Å². The maximum Gasteiger partial charge on any atom is 0.307 e. The van der Waals surface area contributed by atoms with Crippen molar-refractivity contribution in [2.75, 3.05) is 13.1 Å². The van der Waals surface area contributed by atoms with Crippen molar-refractivity contribution in [3.8, 4) is 0 Å². The molecule has 0 spiro atoms. The minimum absolute atomic E-state index is 0.000968. The van der Waals surface area contributed by atoms with Gasteiger partial charge in [-0.05, 0) is 31.6 Å². The van der Waals surface area contributed by atoms with E-state index in [1.807, 2.05) is 0 Å². The Bertz CT molecular complexity index is 466. The van der Waals surface area contributed by atoms with Crippen LogP contribution in [0.4, 0.5) is 0 Å². The zero-order chi connectivity index (χ0) is 15.5. The molecule has 1 aliphatic heterocycles. The summed E-state index contributed by atoms with van der Waals surface area (Å²) in [6.45, 7) is 2.61. The molecule has 122 valence electrons. The predicted octanol–water partition coefficient (Wildman–Crippen LogP) is 1.59. The molecule has 2 N–H and O–H groups in total. The Kier molecular flexibility index (Phi) is 5.62. The van der Waals surface area contributed by atoms with Gasteiger partial charge in [-0.25, -0.2) is 0 Å². The fraction of sp³-hybridized carbons (Fsp3) is 0.929. The Hall–Kier alpha value is -0.660. The smallest absolute Gasteiger partial charge is 0.307 e. The highest BCUT2D eigenvalue weighted by Gasteiger charge is 2.35. The maximum absolute atomic E-state index is 12.5. The number of rotatable bonds is 5. The molecule has 0 aromatic rings. The zero-order valence-electron chi connectivity index (χ0n) is 12.6. The first-order valence-corrected chi connectivity index (χ1v) is 9.38. The molecule has 1 saturated carbocycles. The second-order valence-corrected chi connectivity index (χ2v) is 7.92. The van der Waals surface area contributed by atoms with Crippen molar-refractivity contribution in [3.63, 3.8) is 0 Å². The van der Waals surface area contributed by atoms with E-state index in [1.54, 1.807) is 0 Å². The molecule has 0 radical (unpaired) electrons. The van der Waals surface area contributed by atoms with Gasteiger partial charge in [-0.1, -0.05) is 26.2 Å². The summed E-state index contributed by atoms with van der Waals surface area (Å²) in [4.78, 5) is 11.1. The largest absolute Gasteiger partial charge is 0.481 e. The number of hydrogen-bond donors (Lipinski definition) is 2. The number of aliphatic carboxylic acids is 1. The van der Waals surface area contributed by atoms with Crippen LogP contribution in [0.25, 0.3) is 0 Å². The van der Waals surface area contributed by atoms with Gasteiger partial charge >= 0.3 is 5.97 Å². The molecule has 3 unspecified atom stereocenters. The van der Waals surface area contributed by atoms with Crippen LogP contribution in [0.5, 0.6) is 0 Å². The average Bonchev–Trinajstić information content (AvgIpc) is 2.47. The van der Waals surface area contributed by atoms with Crippen molar-refractivity contribution in [2.45, 2.75) is 57.9 Å². The number of piperidine rings is 1. The molecule has 6 nitrogen and oxygen atoms in total. The topological polar surface area (TPSA) is 86.7 Å². The highest BCUT2D eigenvalue weighted by Crippen LogP contribution is 2.28. The van der Waals surface area contributed by atoms with Gasteiger partial charge in [0.2, 0.25) is 0 Å². The van der Waals surface area contributed by atoms with Crippen LogP contribution in [0.3, 0.4) is 0 Å². The fourth-order valence-corrected chi connectivity index (χ4v) is 5.07. The first-order valence-electron chi connectivity index (χ1n) is 7.94. The van der Waals surface area contributed by atoms with Crippen LogP contribution in [0.2, 0.25) is 0 Å². The first kappa shape index (κ1) is 16.7. The van der Waals surface area contributed by atoms with Gasteiger partial charge in [0.25, 0.3) is 10.2 Å². The molecule has 21 heavy (non-hydrogen) atoms. The van der Waals surface area contributed by atoms with Crippen LogP contribution >= 0.6 is 0 Å². The average molecular weight is 318 g/mol. The number of nitrogens with zero attached hydrogens (tertiary/aromatic N) is 1. The lowest BCUT2D eigenvalue weighted by Crippen LogP contribution is -2.52. The van der Waals surface area contributed by atoms with Gasteiger partial charge < -0.3 is 5.11 Å². The Morgan fingerprint density at radius 3 is 2.62 bits per heavy atom. The van der Waals surface area contributed by atoms with Crippen molar-refractivity contribution in [1.29, 1.82) is 0 Å². The first-order chi connectivity index (χ1) is 9.94. The summed E-state index contributed by atoms with van der Waals surface area (Å²) in [5, 5.41) is 9.08. The summed E-state index contributed by atoms with van der Waals surface area (Å²) in [5.41, 5.74) is 0. The van der Waals surface area contributed by atoms with E-state index in [0.29, 0.717) is 25.3 Å². The normalized spacial score (nSPS) is 32.0. The summed E-state index contributed by atoms with van der Waals surface area (Å²) in [5.74, 6) is -1.09. The number of carboxylic acids is 1. The van der Waals surface area contributed by atoms with Crippen molar-refractivity contribution >= 4 is 16.2 Å². The second kappa shape index (κ2) is 7.07. The number of nitrogens with one attached hydrogen (secondary N) is 1. The van der Waals surface area contributed by atoms with Crippen LogP contribution in [-0.4, -0.2) is 42.9 Å². The van der Waals surface area contributed by atoms with E-state index in [9.17, 15) is 13.2 Å². The van der Waals surface area contributed by atoms with E-state index in [0.717, 1.165) is 25.7 Å². The molecule has 0 aromatic carbocycles. The van der Waals surface area contributed by atoms with E-state index in [1.165, 1.54) is 10.7 Å². The molecule has 1 saturated heterocycles. The molecule has 2 rings (SSSR count). The summed E-state index contributed by atoms with van der Waals surface area (Å²) < 4.78 is 29.2. The van der Waals surface area contributed by atoms with E-state index in [2.05, 4.69) is 11.6 Å². The summed E-state index contributed by atoms with van der Waals surface area (Å²) in [6.07, 6.45) is 6.32. The second-order valence-electron chi connectivity index (χ2n) is 6.22. The summed E-state index contributed by atoms with van der Waals surface area (Å²) >= 11 is 0. The SMILES string of the molecule is CCC1CCCCC1NS(=O)(=O)N1CCCC(C(=O)O)C1. The van der Waals surface area contributed by atoms with Gasteiger partial charge in [0, 0.05) is 19.1 Å². The highest BCUT2D eigenvalue weighted by atomic mass is 32.2. The zero-order valence-corrected chi connectivity index (χ0v) is 13.4. The summed E-state index contributed by atoms with van der Waals surface area (Å²) in [6, 6.07) is -0.000968. The summed E-state index contributed by atoms with van der Waals surface area (Å²) in [7, 11) is -3.57. The monoisotopic (exact) mass is 318 g/mol. The fourth-order valence-electron chi connectivity index (χ4n) is 3.48. The maximum atomic E-state index is 12.5. The minimum atomic E-state index is -3.57. The molecular weight excluding hydrogens is 292 g/mol. The Morgan fingerprint density at radius 2 is 1.95 bits per heavy atom. The highest BCUT2D eigenvalue weighted by molar-refractivity contribution is 7.87. The van der Waals surface area contributed by atoms with Gasteiger partial charge in [-0.3, -0.25) is 4.79 Å². The molecule has 2 fully saturated rings. The van der Waals surface area contributed by atoms with Crippen molar-refractivity contribution < 1.29 is 18.3 Å². The third kappa shape index (κ3) is 4.17. The molecule has 0 amide bonds. The van der Waals surface area contributed by atoms with Gasteiger partial charge in [0.05, 0.1) is 5.92 Å². The molecular formula is C14H26N2O4S. The van der Waals surface area contributed by atoms with Gasteiger partial charge in [0.1, 0.15) is 0 Å². The van der Waals surface area contributed by atoms with E-state index in [-0.39, 0.29) is 12.6 Å². The van der Waals surface area contributed by atoms with Crippen LogP contribution in [0, 0.1) is 11.8 Å². The lowest BCUT2D eigenvalue weighted by atomic mass is 9.83. The Labute approximate surface area is 127 Å². The van der Waals surface area contributed by atoms with Crippen LogP contribution in [0.15, 0.2) is 0 Å². The van der Waals surface area contributed by atoms with Gasteiger partial charge in [0.15, 0.2) is 0 Å². The molecule has 0 aromatic heterocycles. The van der Waals surface area contributed by atoms with E-state index < -0.39 is 22.1 Å². The van der Waals surface area contributed by atoms with Crippen LogP contribution in [-0.2, 0) is 15.0 Å². The molecule has 3 atom stereocenters. The lowest BCUT2D eigenvalue weighted by molar-refractivity contribution is -0.142. The molecule has 0 bridgehead atoms. The van der Waals surface area contributed by atoms with Crippen molar-refractivity contribution in [1.82, 2.24) is 9.03 Å². The number of carbonyl (C=O) groups is 1. The van der Waals surface area contributed by atoms with E-state index >= 15 is 0 Å². The third-order valence-electron chi connectivity index (χ3n) is 4.81. The standard InChI is InChI=1S/C14H26N2O4S/c1-2-11-6-3-4-8-13(11)15-21(19,20)16-9-5-7-12(10-16)14(17)18/h11-13,15H,2-10H2,1H3,(H,17,18). The van der Waals surface area contributed by atoms with E-state index in [4.69, 9.17) is 5.11 Å². The van der Waals surface area contributed by atoms with Gasteiger partial charge in [-0.15, -0.1) is 0 Å². The van der Waals surface area contributed by atoms with Crippen LogP contribution < -0.4 is 4.72 Å². The number of hydrogen-bond acceptors (Lipinski definition) is 3. The molecule has 7 heteroatoms. The Balaban J connectivity index is 2.01. The van der Waals surface area contributed by atoms with Crippen molar-refractivity contribution in [2.24, 2.45) is 11.8 Å². The quantitative estimate of drug-likeness (QED) is 0.806. The van der Waals surface area contributed by atoms with Crippen molar-refractivity contribution in [3.05, 3.63) is 0 Å². The van der Waals surface area contributed by atoms with Gasteiger partial charge in [-0.2, -0.15) is 17.4 Å². The molecule has 1 heterocycles.